The van der Waals surface area contributed by atoms with Gasteiger partial charge in [0.15, 0.2) is 0 Å². The topological polar surface area (TPSA) is 52.6 Å². The fourth-order valence-corrected chi connectivity index (χ4v) is 9.02. The highest BCUT2D eigenvalue weighted by Gasteiger charge is 2.47. The third-order valence-corrected chi connectivity index (χ3v) is 12.3. The number of carbonyl (C=O) groups excluding carboxylic acids is 2. The van der Waals surface area contributed by atoms with Crippen molar-refractivity contribution in [3.8, 4) is 0 Å². The summed E-state index contributed by atoms with van der Waals surface area (Å²) in [6.07, 6.45) is -45.4. The van der Waals surface area contributed by atoms with E-state index in [-0.39, 0.29) is 16.5 Å². The minimum Gasteiger partial charge on any atom is -0.465 e. The van der Waals surface area contributed by atoms with Crippen LogP contribution in [0.4, 0.5) is 105 Å². The molecule has 4 nitrogen and oxygen atoms in total. The summed E-state index contributed by atoms with van der Waals surface area (Å²) in [6, 6.07) is -8.81. The number of esters is 2. The molecule has 4 aromatic rings. The summed E-state index contributed by atoms with van der Waals surface area (Å²) in [5, 5.41) is 0. The van der Waals surface area contributed by atoms with Crippen LogP contribution in [0.5, 0.6) is 0 Å². The van der Waals surface area contributed by atoms with Crippen molar-refractivity contribution in [2.45, 2.75) is 88.4 Å². The number of halogens is 24. The van der Waals surface area contributed by atoms with Crippen LogP contribution in [-0.4, -0.2) is 50.6 Å². The zero-order chi connectivity index (χ0) is 59.5. The van der Waals surface area contributed by atoms with Crippen LogP contribution in [0.1, 0.15) is 83.5 Å². The predicted molar refractivity (Wildman–Crippen MR) is 234 cm³/mol. The summed E-state index contributed by atoms with van der Waals surface area (Å²) in [5.74, 6) is -0.438. The largest absolute Gasteiger partial charge is 0.465 e. The Morgan fingerprint density at radius 3 is 0.779 bits per heavy atom. The molecule has 0 radical (unpaired) electrons. The van der Waals surface area contributed by atoms with E-state index in [4.69, 9.17) is 9.47 Å². The van der Waals surface area contributed by atoms with Gasteiger partial charge in [-0.25, -0.2) is 9.59 Å². The van der Waals surface area contributed by atoms with E-state index in [1.54, 1.807) is 0 Å². The normalized spacial score (nSPS) is 13.3. The first-order valence-electron chi connectivity index (χ1n) is 21.5. The van der Waals surface area contributed by atoms with Gasteiger partial charge in [0, 0.05) is 5.57 Å². The van der Waals surface area contributed by atoms with Crippen LogP contribution in [0.3, 0.4) is 0 Å². The Labute approximate surface area is 424 Å². The van der Waals surface area contributed by atoms with Crippen LogP contribution in [0.25, 0.3) is 0 Å². The molecule has 0 amide bonds. The summed E-state index contributed by atoms with van der Waals surface area (Å²) < 4.78 is 350. The summed E-state index contributed by atoms with van der Waals surface area (Å²) in [6.45, 7) is 2.15. The third kappa shape index (κ3) is 16.7. The van der Waals surface area contributed by atoms with Crippen molar-refractivity contribution in [2.24, 2.45) is 0 Å². The molecule has 4 rings (SSSR count). The molecule has 428 valence electrons. The Morgan fingerprint density at radius 1 is 0.390 bits per heavy atom. The minimum absolute atomic E-state index is 0.0905. The van der Waals surface area contributed by atoms with Crippen molar-refractivity contribution < 1.29 is 124 Å². The molecule has 0 N–H and O–H groups in total. The van der Waals surface area contributed by atoms with Gasteiger partial charge in [0.25, 0.3) is 0 Å². The molecule has 0 unspecified atom stereocenters. The molecule has 77 heavy (non-hydrogen) atoms. The smallest absolute Gasteiger partial charge is 0.416 e. The average molecular weight is 1170 g/mol. The second-order valence-electron chi connectivity index (χ2n) is 17.1. The van der Waals surface area contributed by atoms with E-state index in [0.29, 0.717) is 0 Å². The van der Waals surface area contributed by atoms with Gasteiger partial charge >= 0.3 is 61.3 Å². The van der Waals surface area contributed by atoms with Crippen LogP contribution in [-0.2, 0) is 79.4 Å². The zero-order valence-electron chi connectivity index (χ0n) is 39.9. The van der Waals surface area contributed by atoms with Gasteiger partial charge in [-0.1, -0.05) is 74.7 Å². The van der Waals surface area contributed by atoms with Crippen molar-refractivity contribution in [2.75, 3.05) is 32.5 Å². The molecule has 0 saturated heterocycles. The molecule has 0 aliphatic rings. The van der Waals surface area contributed by atoms with Crippen molar-refractivity contribution in [3.63, 3.8) is 0 Å². The van der Waals surface area contributed by atoms with E-state index < -0.39 is 207 Å². The molecule has 0 aliphatic carbocycles. The van der Waals surface area contributed by atoms with Crippen LogP contribution >= 0.6 is 0 Å². The van der Waals surface area contributed by atoms with Crippen molar-refractivity contribution in [1.82, 2.24) is 0 Å². The molecule has 0 fully saturated rings. The highest BCUT2D eigenvalue weighted by atomic mass is 32.2. The number of methoxy groups -OCH3 is 2. The molecule has 0 bridgehead atoms. The first kappa shape index (κ1) is 65.6. The third-order valence-electron chi connectivity index (χ3n) is 11.4. The van der Waals surface area contributed by atoms with Gasteiger partial charge in [0.1, 0.15) is 17.5 Å². The van der Waals surface area contributed by atoms with Gasteiger partial charge in [0.2, 0.25) is 0 Å². The fraction of sp³-hybridized carbons (Fsp3) is 0.404. The van der Waals surface area contributed by atoms with Crippen LogP contribution in [0.15, 0.2) is 83.9 Å². The number of carbonyl (C=O) groups is 2. The Kier molecular flexibility index (Phi) is 20.2. The molecule has 4 aromatic carbocycles. The Bertz CT molecular complexity index is 2300. The second kappa shape index (κ2) is 23.7. The Morgan fingerprint density at radius 2 is 0.610 bits per heavy atom. The number of alkyl halides is 24. The predicted octanol–water partition coefficient (Wildman–Crippen LogP) is 13.7. The molecular formula is C47H39BF24O4S. The fourth-order valence-electron chi connectivity index (χ4n) is 8.03. The lowest BCUT2D eigenvalue weighted by Gasteiger charge is -2.46. The first-order valence-corrected chi connectivity index (χ1v) is 23.7. The maximum absolute atomic E-state index is 14.2. The maximum atomic E-state index is 14.2. The summed E-state index contributed by atoms with van der Waals surface area (Å²) >= 11 is 0. The average Bonchev–Trinajstić information content (AvgIpc) is 3.28. The zero-order valence-corrected chi connectivity index (χ0v) is 40.7. The minimum atomic E-state index is -6.13. The lowest BCUT2D eigenvalue weighted by atomic mass is 9.12. The maximum Gasteiger partial charge on any atom is 0.416 e. The van der Waals surface area contributed by atoms with E-state index in [2.05, 4.69) is 19.4 Å². The molecule has 0 heterocycles. The molecular weight excluding hydrogens is 1130 g/mol. The molecule has 0 atom stereocenters. The lowest BCUT2D eigenvalue weighted by Crippen LogP contribution is -2.75. The molecule has 30 heteroatoms. The molecule has 0 saturated carbocycles. The molecule has 0 aromatic heterocycles. The standard InChI is InChI=1S/C32H12BF24.C15H27O4S/c34-25(35,36)13-1-14(26(37,38)39)6-21(5-13)33(22-7-15(27(40,41)42)2-16(8-22)28(43,44)45,23-9-17(29(46,47)48)3-18(10-23)30(49,50)51)24-11-19(31(52,53)54)4-20(12-24)32(55,56)57;1-6-7-8-9-10-12(11-20(4)5)13(14(16)18-2)15(17)19-3/h1-12H;6-11H2,1-5H3/q-1;+1. The van der Waals surface area contributed by atoms with Gasteiger partial charge in [0.05, 0.1) is 71.2 Å². The number of benzene rings is 4. The van der Waals surface area contributed by atoms with Gasteiger partial charge in [-0.05, 0) is 48.0 Å². The summed E-state index contributed by atoms with van der Waals surface area (Å²) in [4.78, 5) is 23.7. The van der Waals surface area contributed by atoms with E-state index in [1.165, 1.54) is 20.6 Å². The quantitative estimate of drug-likeness (QED) is 0.0196. The van der Waals surface area contributed by atoms with Gasteiger partial charge in [-0.15, -0.1) is 0 Å². The van der Waals surface area contributed by atoms with Gasteiger partial charge in [-0.3, -0.25) is 0 Å². The Hall–Kier alpha value is -5.71. The highest BCUT2D eigenvalue weighted by Crippen LogP contribution is 2.41. The highest BCUT2D eigenvalue weighted by molar-refractivity contribution is 7.95. The second-order valence-corrected chi connectivity index (χ2v) is 19.4. The summed E-state index contributed by atoms with van der Waals surface area (Å²) in [7, 11) is 2.69. The van der Waals surface area contributed by atoms with Gasteiger partial charge in [-0.2, -0.15) is 127 Å². The monoisotopic (exact) mass is 1170 g/mol. The van der Waals surface area contributed by atoms with E-state index >= 15 is 0 Å². The van der Waals surface area contributed by atoms with Crippen LogP contribution < -0.4 is 21.9 Å². The first-order chi connectivity index (χ1) is 34.7. The Balaban J connectivity index is 0.000000658. The summed E-state index contributed by atoms with van der Waals surface area (Å²) in [5.41, 5.74) is -29.2. The van der Waals surface area contributed by atoms with Gasteiger partial charge < -0.3 is 9.47 Å². The van der Waals surface area contributed by atoms with Crippen LogP contribution in [0.2, 0.25) is 0 Å². The lowest BCUT2D eigenvalue weighted by molar-refractivity contribution is -0.145. The van der Waals surface area contributed by atoms with Crippen LogP contribution in [0, 0.1) is 0 Å². The molecule has 0 aliphatic heterocycles. The van der Waals surface area contributed by atoms with E-state index in [0.717, 1.165) is 37.0 Å². The number of unbranched alkanes of at least 4 members (excludes halogenated alkanes) is 3. The number of ether oxygens (including phenoxy) is 2. The number of hydrogen-bond acceptors (Lipinski definition) is 4. The van der Waals surface area contributed by atoms with Crippen molar-refractivity contribution >= 4 is 50.8 Å². The van der Waals surface area contributed by atoms with E-state index in [1.807, 2.05) is 0 Å². The van der Waals surface area contributed by atoms with E-state index in [9.17, 15) is 115 Å². The number of rotatable bonds is 13. The van der Waals surface area contributed by atoms with Crippen molar-refractivity contribution in [3.05, 3.63) is 128 Å². The SMILES string of the molecule is CCCCCCC(C[S+](C)C)=C(C(=O)OC)C(=O)OC.FC(F)(F)c1cc([B-](c2cc(C(F)(F)F)cc(C(F)(F)F)c2)(c2cc(C(F)(F)F)cc(C(F)(F)F)c2)c2cc(C(F)(F)F)cc(C(F)(F)F)c2)cc(C(F)(F)F)c1. The number of hydrogen-bond donors (Lipinski definition) is 0. The van der Waals surface area contributed by atoms with Crippen molar-refractivity contribution in [1.29, 1.82) is 0 Å². The molecule has 0 spiro atoms.